The number of halogens is 1. The number of alkyl halides is 1. The molecular weight excluding hydrogens is 384 g/mol. The molecule has 162 valence electrons. The summed E-state index contributed by atoms with van der Waals surface area (Å²) in [5.74, 6) is 0.612. The van der Waals surface area contributed by atoms with Crippen LogP contribution in [0.25, 0.3) is 0 Å². The van der Waals surface area contributed by atoms with E-state index in [4.69, 9.17) is 16.7 Å². The number of benzene rings is 1. The minimum Gasteiger partial charge on any atom is -0.481 e. The van der Waals surface area contributed by atoms with Crippen LogP contribution in [0.15, 0.2) is 36.4 Å². The number of hydrogen-bond acceptors (Lipinski definition) is 2. The second-order valence-corrected chi connectivity index (χ2v) is 9.15. The Balaban J connectivity index is 1.96. The van der Waals surface area contributed by atoms with Gasteiger partial charge in [-0.25, -0.2) is 0 Å². The molecule has 3 nitrogen and oxygen atoms in total. The monoisotopic (exact) mass is 420 g/mol. The molecule has 2 N–H and O–H groups in total. The third kappa shape index (κ3) is 7.46. The van der Waals surface area contributed by atoms with Crippen molar-refractivity contribution < 1.29 is 15.0 Å². The molecule has 0 aromatic heterocycles. The fraction of sp³-hybridized carbons (Fsp3) is 0.640. The van der Waals surface area contributed by atoms with Crippen LogP contribution in [0.3, 0.4) is 0 Å². The summed E-state index contributed by atoms with van der Waals surface area (Å²) in [5, 5.41) is 19.3. The molecule has 2 rings (SSSR count). The van der Waals surface area contributed by atoms with Crippen molar-refractivity contribution >= 4 is 17.6 Å². The van der Waals surface area contributed by atoms with Gasteiger partial charge in [-0.05, 0) is 61.0 Å². The standard InChI is InChI=1S/C25H37ClO3/c1-3-4-7-11-23(27)19-13-15-20(16-14-19)25-18(2)17-22(26)21(25)10-8-5-6-9-12-24(28)29/h5,8,13-16,18,21-23,25,27H,3-4,6-7,9-12,17H2,1-2H3,(H,28,29)/b8-5-/t18-,21+,22-,23?,25-/m1/s1. The molecular formula is C25H37ClO3. The third-order valence-electron chi connectivity index (χ3n) is 6.26. The molecule has 0 bridgehead atoms. The molecule has 1 aromatic carbocycles. The maximum Gasteiger partial charge on any atom is 0.303 e. The first kappa shape index (κ1) is 24.0. The van der Waals surface area contributed by atoms with Gasteiger partial charge in [-0.2, -0.15) is 0 Å². The van der Waals surface area contributed by atoms with E-state index >= 15 is 0 Å². The number of carbonyl (C=O) groups is 1. The summed E-state index contributed by atoms with van der Waals surface area (Å²) in [6, 6.07) is 8.52. The molecule has 1 aliphatic carbocycles. The number of carboxylic acids is 1. The number of rotatable bonds is 12. The molecule has 0 radical (unpaired) electrons. The maximum absolute atomic E-state index is 10.6. The highest BCUT2D eigenvalue weighted by atomic mass is 35.5. The normalized spacial score (nSPS) is 25.5. The zero-order valence-electron chi connectivity index (χ0n) is 17.9. The first-order chi connectivity index (χ1) is 13.9. The van der Waals surface area contributed by atoms with Crippen LogP contribution in [0.5, 0.6) is 0 Å². The Hall–Kier alpha value is -1.32. The van der Waals surface area contributed by atoms with Crippen molar-refractivity contribution in [2.75, 3.05) is 0 Å². The second kappa shape index (κ2) is 12.4. The van der Waals surface area contributed by atoms with Gasteiger partial charge in [0, 0.05) is 11.8 Å². The maximum atomic E-state index is 10.6. The van der Waals surface area contributed by atoms with Gasteiger partial charge >= 0.3 is 5.97 Å². The molecule has 0 saturated heterocycles. The lowest BCUT2D eigenvalue weighted by Crippen LogP contribution is -2.15. The molecule has 0 heterocycles. The SMILES string of the molecule is CCCCCC(O)c1ccc([C@@H]2[C@@H](C/C=C\CCCC(=O)O)[C@H](Cl)C[C@H]2C)cc1. The molecule has 29 heavy (non-hydrogen) atoms. The zero-order valence-corrected chi connectivity index (χ0v) is 18.7. The van der Waals surface area contributed by atoms with Gasteiger partial charge in [0.15, 0.2) is 0 Å². The van der Waals surface area contributed by atoms with Gasteiger partial charge in [0.1, 0.15) is 0 Å². The first-order valence-electron chi connectivity index (χ1n) is 11.2. The van der Waals surface area contributed by atoms with Crippen LogP contribution in [-0.2, 0) is 4.79 Å². The van der Waals surface area contributed by atoms with E-state index < -0.39 is 5.97 Å². The highest BCUT2D eigenvalue weighted by Gasteiger charge is 2.40. The zero-order chi connectivity index (χ0) is 21.2. The Kier molecular flexibility index (Phi) is 10.2. The summed E-state index contributed by atoms with van der Waals surface area (Å²) in [6.07, 6.45) is 11.8. The summed E-state index contributed by atoms with van der Waals surface area (Å²) >= 11 is 6.70. The first-order valence-corrected chi connectivity index (χ1v) is 11.7. The van der Waals surface area contributed by atoms with Gasteiger partial charge in [-0.3, -0.25) is 4.79 Å². The minimum absolute atomic E-state index is 0.165. The third-order valence-corrected chi connectivity index (χ3v) is 6.76. The molecule has 1 saturated carbocycles. The number of allylic oxidation sites excluding steroid dienone is 2. The van der Waals surface area contributed by atoms with Crippen LogP contribution < -0.4 is 0 Å². The van der Waals surface area contributed by atoms with E-state index in [-0.39, 0.29) is 17.9 Å². The Bertz CT molecular complexity index is 640. The molecule has 1 unspecified atom stereocenters. The number of unbranched alkanes of at least 4 members (excludes halogenated alkanes) is 3. The topological polar surface area (TPSA) is 57.5 Å². The molecule has 1 fully saturated rings. The molecule has 0 amide bonds. The minimum atomic E-state index is -0.733. The van der Waals surface area contributed by atoms with Crippen molar-refractivity contribution in [1.82, 2.24) is 0 Å². The summed E-state index contributed by atoms with van der Waals surface area (Å²) in [6.45, 7) is 4.46. The molecule has 5 atom stereocenters. The van der Waals surface area contributed by atoms with Crippen LogP contribution in [-0.4, -0.2) is 21.6 Å². The number of aliphatic hydroxyl groups excluding tert-OH is 1. The number of carboxylic acid groups (broad SMARTS) is 1. The summed E-state index contributed by atoms with van der Waals surface area (Å²) in [4.78, 5) is 10.6. The van der Waals surface area contributed by atoms with Crippen molar-refractivity contribution in [3.63, 3.8) is 0 Å². The summed E-state index contributed by atoms with van der Waals surface area (Å²) in [7, 11) is 0. The van der Waals surface area contributed by atoms with E-state index in [9.17, 15) is 9.90 Å². The molecule has 0 aliphatic heterocycles. The highest BCUT2D eigenvalue weighted by molar-refractivity contribution is 6.21. The van der Waals surface area contributed by atoms with Crippen molar-refractivity contribution in [1.29, 1.82) is 0 Å². The van der Waals surface area contributed by atoms with E-state index in [0.29, 0.717) is 24.2 Å². The average molecular weight is 421 g/mol. The van der Waals surface area contributed by atoms with Gasteiger partial charge < -0.3 is 10.2 Å². The molecule has 0 spiro atoms. The number of aliphatic hydroxyl groups is 1. The second-order valence-electron chi connectivity index (χ2n) is 8.59. The van der Waals surface area contributed by atoms with Crippen LogP contribution >= 0.6 is 11.6 Å². The van der Waals surface area contributed by atoms with Crippen LogP contribution in [0.1, 0.15) is 94.8 Å². The Morgan fingerprint density at radius 3 is 2.59 bits per heavy atom. The smallest absolute Gasteiger partial charge is 0.303 e. The van der Waals surface area contributed by atoms with Crippen molar-refractivity contribution in [2.24, 2.45) is 11.8 Å². The molecule has 1 aliphatic rings. The lowest BCUT2D eigenvalue weighted by Gasteiger charge is -2.24. The lowest BCUT2D eigenvalue weighted by atomic mass is 9.82. The van der Waals surface area contributed by atoms with Crippen LogP contribution in [0.4, 0.5) is 0 Å². The van der Waals surface area contributed by atoms with Crippen LogP contribution in [0.2, 0.25) is 0 Å². The Morgan fingerprint density at radius 1 is 1.21 bits per heavy atom. The summed E-state index contributed by atoms with van der Waals surface area (Å²) < 4.78 is 0. The Labute approximate surface area is 181 Å². The largest absolute Gasteiger partial charge is 0.481 e. The van der Waals surface area contributed by atoms with E-state index in [2.05, 4.69) is 50.3 Å². The fourth-order valence-electron chi connectivity index (χ4n) is 4.63. The average Bonchev–Trinajstić information content (AvgIpc) is 2.97. The van der Waals surface area contributed by atoms with Crippen molar-refractivity contribution in [2.45, 2.75) is 89.0 Å². The molecule has 4 heteroatoms. The number of aliphatic carboxylic acids is 1. The number of hydrogen-bond donors (Lipinski definition) is 2. The van der Waals surface area contributed by atoms with Crippen LogP contribution in [0, 0.1) is 11.8 Å². The van der Waals surface area contributed by atoms with Gasteiger partial charge in [-0.1, -0.05) is 69.5 Å². The van der Waals surface area contributed by atoms with Gasteiger partial charge in [0.05, 0.1) is 6.10 Å². The van der Waals surface area contributed by atoms with Gasteiger partial charge in [0.25, 0.3) is 0 Å². The van der Waals surface area contributed by atoms with Gasteiger partial charge in [0.2, 0.25) is 0 Å². The predicted octanol–water partition coefficient (Wildman–Crippen LogP) is 6.85. The fourth-order valence-corrected chi connectivity index (χ4v) is 5.17. The van der Waals surface area contributed by atoms with Crippen molar-refractivity contribution in [3.05, 3.63) is 47.5 Å². The quantitative estimate of drug-likeness (QED) is 0.221. The molecule has 1 aromatic rings. The Morgan fingerprint density at radius 2 is 1.93 bits per heavy atom. The van der Waals surface area contributed by atoms with E-state index in [1.807, 2.05) is 0 Å². The van der Waals surface area contributed by atoms with Gasteiger partial charge in [-0.15, -0.1) is 11.6 Å². The lowest BCUT2D eigenvalue weighted by molar-refractivity contribution is -0.137. The van der Waals surface area contributed by atoms with E-state index in [1.165, 1.54) is 12.0 Å². The van der Waals surface area contributed by atoms with E-state index in [0.717, 1.165) is 44.1 Å². The van der Waals surface area contributed by atoms with E-state index in [1.54, 1.807) is 0 Å². The predicted molar refractivity (Wildman–Crippen MR) is 120 cm³/mol. The highest BCUT2D eigenvalue weighted by Crippen LogP contribution is 2.48. The summed E-state index contributed by atoms with van der Waals surface area (Å²) in [5.41, 5.74) is 2.32. The van der Waals surface area contributed by atoms with Crippen molar-refractivity contribution in [3.8, 4) is 0 Å².